The zero-order valence-electron chi connectivity index (χ0n) is 8.33. The van der Waals surface area contributed by atoms with E-state index in [1.807, 2.05) is 19.1 Å². The maximum Gasteiger partial charge on any atom is 0.0687 e. The van der Waals surface area contributed by atoms with Crippen LogP contribution in [0.2, 0.25) is 0 Å². The minimum Gasteiger partial charge on any atom is -0.390 e. The first-order valence-corrected chi connectivity index (χ1v) is 5.84. The molecule has 1 aliphatic carbocycles. The van der Waals surface area contributed by atoms with Gasteiger partial charge >= 0.3 is 0 Å². The van der Waals surface area contributed by atoms with Crippen molar-refractivity contribution in [1.82, 2.24) is 0 Å². The van der Waals surface area contributed by atoms with Crippen LogP contribution in [-0.4, -0.2) is 10.7 Å². The molecule has 1 saturated carbocycles. The lowest BCUT2D eigenvalue weighted by Gasteiger charge is -2.23. The molecule has 1 aromatic carbocycles. The Kier molecular flexibility index (Phi) is 2.67. The minimum atomic E-state index is -0.513. The number of hydrogen-bond donors (Lipinski definition) is 1. The van der Waals surface area contributed by atoms with Crippen molar-refractivity contribution in [3.63, 3.8) is 0 Å². The van der Waals surface area contributed by atoms with E-state index in [0.717, 1.165) is 10.9 Å². The predicted molar refractivity (Wildman–Crippen MR) is 61.2 cm³/mol. The first-order valence-electron chi connectivity index (χ1n) is 5.05. The summed E-state index contributed by atoms with van der Waals surface area (Å²) in [6.45, 7) is 1.95. The average Bonchev–Trinajstić information content (AvgIpc) is 2.84. The van der Waals surface area contributed by atoms with Crippen molar-refractivity contribution in [1.29, 1.82) is 0 Å². The Morgan fingerprint density at radius 1 is 1.50 bits per heavy atom. The molecular weight excluding hydrogens is 240 g/mol. The molecule has 1 unspecified atom stereocenters. The fraction of sp³-hybridized carbons (Fsp3) is 0.500. The maximum absolute atomic E-state index is 10.2. The van der Waals surface area contributed by atoms with E-state index in [4.69, 9.17) is 0 Å². The SMILES string of the molecule is CC(O)(Cc1cccc(Br)c1)C1CC1. The van der Waals surface area contributed by atoms with Crippen LogP contribution in [0.5, 0.6) is 0 Å². The molecule has 1 aromatic rings. The number of halogens is 1. The third-order valence-electron chi connectivity index (χ3n) is 2.91. The molecule has 76 valence electrons. The second-order valence-corrected chi connectivity index (χ2v) is 5.35. The average molecular weight is 255 g/mol. The van der Waals surface area contributed by atoms with Gasteiger partial charge < -0.3 is 5.11 Å². The first-order chi connectivity index (χ1) is 6.58. The highest BCUT2D eigenvalue weighted by Gasteiger charge is 2.39. The van der Waals surface area contributed by atoms with Gasteiger partial charge in [0, 0.05) is 10.9 Å². The fourth-order valence-corrected chi connectivity index (χ4v) is 2.36. The molecule has 0 heterocycles. The Labute approximate surface area is 93.3 Å². The molecule has 2 heteroatoms. The second-order valence-electron chi connectivity index (χ2n) is 4.44. The summed E-state index contributed by atoms with van der Waals surface area (Å²) >= 11 is 3.44. The Hall–Kier alpha value is -0.340. The van der Waals surface area contributed by atoms with Gasteiger partial charge in [-0.15, -0.1) is 0 Å². The van der Waals surface area contributed by atoms with Crippen LogP contribution in [0.4, 0.5) is 0 Å². The summed E-state index contributed by atoms with van der Waals surface area (Å²) in [5, 5.41) is 10.2. The van der Waals surface area contributed by atoms with E-state index < -0.39 is 5.60 Å². The van der Waals surface area contributed by atoms with Gasteiger partial charge in [0.05, 0.1) is 5.60 Å². The molecule has 1 N–H and O–H groups in total. The Morgan fingerprint density at radius 2 is 2.21 bits per heavy atom. The van der Waals surface area contributed by atoms with Gasteiger partial charge in [-0.3, -0.25) is 0 Å². The second kappa shape index (κ2) is 3.67. The zero-order valence-corrected chi connectivity index (χ0v) is 9.92. The summed E-state index contributed by atoms with van der Waals surface area (Å²) in [5.41, 5.74) is 0.692. The van der Waals surface area contributed by atoms with Gasteiger partial charge in [0.1, 0.15) is 0 Å². The summed E-state index contributed by atoms with van der Waals surface area (Å²) in [6.07, 6.45) is 3.12. The standard InChI is InChI=1S/C12H15BrO/c1-12(14,10-5-6-10)8-9-3-2-4-11(13)7-9/h2-4,7,10,14H,5-6,8H2,1H3. The third kappa shape index (κ3) is 2.37. The Morgan fingerprint density at radius 3 is 2.79 bits per heavy atom. The normalized spacial score (nSPS) is 20.5. The van der Waals surface area contributed by atoms with Gasteiger partial charge in [-0.05, 0) is 43.4 Å². The van der Waals surface area contributed by atoms with Crippen LogP contribution in [0, 0.1) is 5.92 Å². The summed E-state index contributed by atoms with van der Waals surface area (Å²) < 4.78 is 1.08. The van der Waals surface area contributed by atoms with Crippen LogP contribution in [0.3, 0.4) is 0 Å². The molecule has 0 radical (unpaired) electrons. The van der Waals surface area contributed by atoms with E-state index in [2.05, 4.69) is 28.1 Å². The number of benzene rings is 1. The lowest BCUT2D eigenvalue weighted by atomic mass is 9.92. The van der Waals surface area contributed by atoms with Gasteiger partial charge in [-0.1, -0.05) is 28.1 Å². The summed E-state index contributed by atoms with van der Waals surface area (Å²) in [5.74, 6) is 0.515. The zero-order chi connectivity index (χ0) is 10.2. The van der Waals surface area contributed by atoms with Crippen LogP contribution >= 0.6 is 15.9 Å². The van der Waals surface area contributed by atoms with E-state index >= 15 is 0 Å². The molecule has 0 bridgehead atoms. The molecule has 1 aliphatic rings. The van der Waals surface area contributed by atoms with Gasteiger partial charge in [0.15, 0.2) is 0 Å². The lowest BCUT2D eigenvalue weighted by Crippen LogP contribution is -2.29. The quantitative estimate of drug-likeness (QED) is 0.879. The topological polar surface area (TPSA) is 20.2 Å². The summed E-state index contributed by atoms with van der Waals surface area (Å²) in [7, 11) is 0. The van der Waals surface area contributed by atoms with Crippen molar-refractivity contribution in [3.8, 4) is 0 Å². The predicted octanol–water partition coefficient (Wildman–Crippen LogP) is 3.15. The summed E-state index contributed by atoms with van der Waals surface area (Å²) in [6, 6.07) is 8.18. The van der Waals surface area contributed by atoms with Crippen LogP contribution in [0.1, 0.15) is 25.3 Å². The van der Waals surface area contributed by atoms with Gasteiger partial charge in [0.2, 0.25) is 0 Å². The molecule has 1 fully saturated rings. The summed E-state index contributed by atoms with van der Waals surface area (Å²) in [4.78, 5) is 0. The molecule has 0 spiro atoms. The largest absolute Gasteiger partial charge is 0.390 e. The van der Waals surface area contributed by atoms with Crippen molar-refractivity contribution in [2.24, 2.45) is 5.92 Å². The van der Waals surface area contributed by atoms with Crippen molar-refractivity contribution in [3.05, 3.63) is 34.3 Å². The van der Waals surface area contributed by atoms with Gasteiger partial charge in [-0.2, -0.15) is 0 Å². The number of aliphatic hydroxyl groups is 1. The van der Waals surface area contributed by atoms with Gasteiger partial charge in [0.25, 0.3) is 0 Å². The van der Waals surface area contributed by atoms with E-state index in [-0.39, 0.29) is 0 Å². The van der Waals surface area contributed by atoms with E-state index in [1.165, 1.54) is 18.4 Å². The Balaban J connectivity index is 2.09. The fourth-order valence-electron chi connectivity index (χ4n) is 1.91. The van der Waals surface area contributed by atoms with Crippen LogP contribution < -0.4 is 0 Å². The van der Waals surface area contributed by atoms with Crippen molar-refractivity contribution >= 4 is 15.9 Å². The molecule has 14 heavy (non-hydrogen) atoms. The highest BCUT2D eigenvalue weighted by atomic mass is 79.9. The first kappa shape index (κ1) is 10.2. The minimum absolute atomic E-state index is 0.513. The third-order valence-corrected chi connectivity index (χ3v) is 3.40. The molecule has 1 nitrogen and oxygen atoms in total. The van der Waals surface area contributed by atoms with E-state index in [1.54, 1.807) is 0 Å². The van der Waals surface area contributed by atoms with E-state index in [0.29, 0.717) is 5.92 Å². The molecule has 0 aliphatic heterocycles. The van der Waals surface area contributed by atoms with Crippen LogP contribution in [0.15, 0.2) is 28.7 Å². The van der Waals surface area contributed by atoms with E-state index in [9.17, 15) is 5.11 Å². The molecular formula is C12H15BrO. The molecule has 2 rings (SSSR count). The van der Waals surface area contributed by atoms with Crippen LogP contribution in [0.25, 0.3) is 0 Å². The Bertz CT molecular complexity index is 329. The molecule has 0 saturated heterocycles. The van der Waals surface area contributed by atoms with Crippen LogP contribution in [-0.2, 0) is 6.42 Å². The number of rotatable bonds is 3. The van der Waals surface area contributed by atoms with Gasteiger partial charge in [-0.25, -0.2) is 0 Å². The van der Waals surface area contributed by atoms with Crippen molar-refractivity contribution < 1.29 is 5.11 Å². The van der Waals surface area contributed by atoms with Crippen molar-refractivity contribution in [2.45, 2.75) is 31.8 Å². The smallest absolute Gasteiger partial charge is 0.0687 e. The molecule has 0 amide bonds. The monoisotopic (exact) mass is 254 g/mol. The maximum atomic E-state index is 10.2. The number of hydrogen-bond acceptors (Lipinski definition) is 1. The van der Waals surface area contributed by atoms with Crippen molar-refractivity contribution in [2.75, 3.05) is 0 Å². The molecule has 1 atom stereocenters. The highest BCUT2D eigenvalue weighted by Crippen LogP contribution is 2.41. The highest BCUT2D eigenvalue weighted by molar-refractivity contribution is 9.10. The lowest BCUT2D eigenvalue weighted by molar-refractivity contribution is 0.0372. The molecule has 0 aromatic heterocycles.